The zero-order valence-electron chi connectivity index (χ0n) is 18.2. The smallest absolute Gasteiger partial charge is 0.224 e. The largest absolute Gasteiger partial charge is 0.350 e. The number of aryl methyl sites for hydroxylation is 1. The maximum Gasteiger partial charge on any atom is 0.224 e. The van der Waals surface area contributed by atoms with E-state index in [-0.39, 0.29) is 11.8 Å². The lowest BCUT2D eigenvalue weighted by Crippen LogP contribution is -2.44. The zero-order chi connectivity index (χ0) is 21.5. The van der Waals surface area contributed by atoms with E-state index in [0.29, 0.717) is 12.6 Å². The molecule has 1 N–H and O–H groups in total. The summed E-state index contributed by atoms with van der Waals surface area (Å²) < 4.78 is 0. The molecule has 160 valence electrons. The highest BCUT2D eigenvalue weighted by molar-refractivity contribution is 5.79. The molecule has 0 radical (unpaired) electrons. The number of hydrogen-bond acceptors (Lipinski definition) is 3. The lowest BCUT2D eigenvalue weighted by molar-refractivity contribution is -0.127. The predicted molar refractivity (Wildman–Crippen MR) is 124 cm³/mol. The van der Waals surface area contributed by atoms with Gasteiger partial charge in [-0.3, -0.25) is 14.7 Å². The lowest BCUT2D eigenvalue weighted by Gasteiger charge is -2.39. The molecule has 2 aromatic carbocycles. The first kappa shape index (κ1) is 21.3. The summed E-state index contributed by atoms with van der Waals surface area (Å²) in [5, 5.41) is 3.09. The molecule has 0 aliphatic carbocycles. The Morgan fingerprint density at radius 1 is 0.968 bits per heavy atom. The summed E-state index contributed by atoms with van der Waals surface area (Å²) in [7, 11) is 0. The van der Waals surface area contributed by atoms with E-state index in [0.717, 1.165) is 38.0 Å². The van der Waals surface area contributed by atoms with Crippen molar-refractivity contribution < 1.29 is 4.79 Å². The third kappa shape index (κ3) is 5.59. The Labute approximate surface area is 185 Å². The van der Waals surface area contributed by atoms with Crippen molar-refractivity contribution in [3.05, 3.63) is 101 Å². The van der Waals surface area contributed by atoms with Crippen LogP contribution in [0.15, 0.2) is 79.0 Å². The SMILES string of the molecule is CCc1ccc(C2CCC(C(=O)NCc3ccccn3)CN2Cc2ccccc2)cc1. The van der Waals surface area contributed by atoms with Crippen LogP contribution in [0.5, 0.6) is 0 Å². The van der Waals surface area contributed by atoms with Crippen molar-refractivity contribution >= 4 is 5.91 Å². The van der Waals surface area contributed by atoms with E-state index in [1.807, 2.05) is 18.2 Å². The summed E-state index contributed by atoms with van der Waals surface area (Å²) in [4.78, 5) is 19.7. The first-order chi connectivity index (χ1) is 15.2. The van der Waals surface area contributed by atoms with Gasteiger partial charge in [0.05, 0.1) is 18.2 Å². The fourth-order valence-electron chi connectivity index (χ4n) is 4.43. The molecule has 1 aliphatic heterocycles. The molecule has 0 spiro atoms. The van der Waals surface area contributed by atoms with Gasteiger partial charge in [-0.25, -0.2) is 0 Å². The quantitative estimate of drug-likeness (QED) is 0.598. The molecule has 1 aromatic heterocycles. The number of aromatic nitrogens is 1. The minimum atomic E-state index is -0.00131. The molecule has 4 heteroatoms. The van der Waals surface area contributed by atoms with Crippen molar-refractivity contribution in [2.24, 2.45) is 5.92 Å². The topological polar surface area (TPSA) is 45.2 Å². The fourth-order valence-corrected chi connectivity index (χ4v) is 4.43. The van der Waals surface area contributed by atoms with Gasteiger partial charge in [0.1, 0.15) is 0 Å². The first-order valence-electron chi connectivity index (χ1n) is 11.3. The lowest BCUT2D eigenvalue weighted by atomic mass is 9.87. The van der Waals surface area contributed by atoms with Crippen LogP contribution in [-0.2, 0) is 24.3 Å². The number of carbonyl (C=O) groups excluding carboxylic acids is 1. The minimum Gasteiger partial charge on any atom is -0.350 e. The Kier molecular flexibility index (Phi) is 7.11. The highest BCUT2D eigenvalue weighted by Gasteiger charge is 2.32. The van der Waals surface area contributed by atoms with Crippen LogP contribution in [0.2, 0.25) is 0 Å². The number of nitrogens with zero attached hydrogens (tertiary/aromatic N) is 2. The molecule has 1 saturated heterocycles. The predicted octanol–water partition coefficient (Wildman–Crippen LogP) is 4.91. The second kappa shape index (κ2) is 10.4. The van der Waals surface area contributed by atoms with E-state index >= 15 is 0 Å². The molecule has 1 aliphatic rings. The third-order valence-corrected chi connectivity index (χ3v) is 6.23. The molecular weight excluding hydrogens is 382 g/mol. The highest BCUT2D eigenvalue weighted by atomic mass is 16.1. The number of amides is 1. The normalized spacial score (nSPS) is 19.1. The molecule has 2 heterocycles. The average molecular weight is 414 g/mol. The number of carbonyl (C=O) groups is 1. The van der Waals surface area contributed by atoms with Gasteiger partial charge in [-0.05, 0) is 48.1 Å². The molecule has 4 rings (SSSR count). The minimum absolute atomic E-state index is 0.00131. The van der Waals surface area contributed by atoms with Crippen molar-refractivity contribution in [1.29, 1.82) is 0 Å². The Balaban J connectivity index is 1.47. The van der Waals surface area contributed by atoms with Crippen LogP contribution in [0.1, 0.15) is 48.2 Å². The summed E-state index contributed by atoms with van der Waals surface area (Å²) in [6.07, 6.45) is 4.70. The second-order valence-corrected chi connectivity index (χ2v) is 8.34. The van der Waals surface area contributed by atoms with Crippen molar-refractivity contribution in [2.45, 2.75) is 45.3 Å². The molecule has 1 amide bonds. The summed E-state index contributed by atoms with van der Waals surface area (Å²) in [6, 6.07) is 25.7. The van der Waals surface area contributed by atoms with Gasteiger partial charge in [0.25, 0.3) is 0 Å². The van der Waals surface area contributed by atoms with E-state index in [2.05, 4.69) is 76.7 Å². The molecular formula is C27H31N3O. The van der Waals surface area contributed by atoms with Crippen molar-refractivity contribution in [2.75, 3.05) is 6.54 Å². The molecule has 31 heavy (non-hydrogen) atoms. The van der Waals surface area contributed by atoms with Crippen molar-refractivity contribution in [1.82, 2.24) is 15.2 Å². The van der Waals surface area contributed by atoms with Gasteiger partial charge >= 0.3 is 0 Å². The molecule has 3 aromatic rings. The monoisotopic (exact) mass is 413 g/mol. The Hall–Kier alpha value is -2.98. The van der Waals surface area contributed by atoms with Gasteiger partial charge in [-0.2, -0.15) is 0 Å². The maximum absolute atomic E-state index is 12.9. The number of nitrogens with one attached hydrogen (secondary N) is 1. The average Bonchev–Trinajstić information content (AvgIpc) is 2.84. The Bertz CT molecular complexity index is 957. The highest BCUT2D eigenvalue weighted by Crippen LogP contribution is 2.35. The number of benzene rings is 2. The van der Waals surface area contributed by atoms with Gasteiger partial charge in [-0.15, -0.1) is 0 Å². The molecule has 1 fully saturated rings. The van der Waals surface area contributed by atoms with Crippen LogP contribution >= 0.6 is 0 Å². The summed E-state index contributed by atoms with van der Waals surface area (Å²) >= 11 is 0. The molecule has 0 saturated carbocycles. The van der Waals surface area contributed by atoms with Crippen LogP contribution in [0.3, 0.4) is 0 Å². The van der Waals surface area contributed by atoms with Crippen LogP contribution < -0.4 is 5.32 Å². The number of hydrogen-bond donors (Lipinski definition) is 1. The number of rotatable bonds is 7. The van der Waals surface area contributed by atoms with E-state index in [1.54, 1.807) is 6.20 Å². The van der Waals surface area contributed by atoms with Crippen LogP contribution in [0, 0.1) is 5.92 Å². The van der Waals surface area contributed by atoms with Gasteiger partial charge in [0.2, 0.25) is 5.91 Å². The number of likely N-dealkylation sites (tertiary alicyclic amines) is 1. The first-order valence-corrected chi connectivity index (χ1v) is 11.3. The third-order valence-electron chi connectivity index (χ3n) is 6.23. The van der Waals surface area contributed by atoms with Gasteiger partial charge in [0, 0.05) is 25.3 Å². The molecule has 2 unspecified atom stereocenters. The Morgan fingerprint density at radius 3 is 2.45 bits per heavy atom. The van der Waals surface area contributed by atoms with Gasteiger partial charge in [-0.1, -0.05) is 67.6 Å². The molecule has 2 atom stereocenters. The number of pyridine rings is 1. The van der Waals surface area contributed by atoms with Crippen molar-refractivity contribution in [3.63, 3.8) is 0 Å². The van der Waals surface area contributed by atoms with Gasteiger partial charge in [0.15, 0.2) is 0 Å². The zero-order valence-corrected chi connectivity index (χ0v) is 18.2. The van der Waals surface area contributed by atoms with Crippen LogP contribution in [0.4, 0.5) is 0 Å². The molecule has 4 nitrogen and oxygen atoms in total. The summed E-state index contributed by atoms with van der Waals surface area (Å²) in [5.41, 5.74) is 4.88. The van der Waals surface area contributed by atoms with E-state index in [4.69, 9.17) is 0 Å². The standard InChI is InChI=1S/C27H31N3O/c1-2-21-11-13-23(14-12-21)26-16-15-24(20-30(26)19-22-8-4-3-5-9-22)27(31)29-18-25-10-6-7-17-28-25/h3-14,17,24,26H,2,15-16,18-20H2,1H3,(H,29,31). The maximum atomic E-state index is 12.9. The van der Waals surface area contributed by atoms with Gasteiger partial charge < -0.3 is 5.32 Å². The van der Waals surface area contributed by atoms with E-state index < -0.39 is 0 Å². The van der Waals surface area contributed by atoms with Crippen LogP contribution in [-0.4, -0.2) is 22.3 Å². The summed E-state index contributed by atoms with van der Waals surface area (Å²) in [6.45, 7) is 4.29. The second-order valence-electron chi connectivity index (χ2n) is 8.34. The molecule has 0 bridgehead atoms. The number of piperidine rings is 1. The van der Waals surface area contributed by atoms with Crippen molar-refractivity contribution in [3.8, 4) is 0 Å². The fraction of sp³-hybridized carbons (Fsp3) is 0.333. The van der Waals surface area contributed by atoms with E-state index in [9.17, 15) is 4.79 Å². The Morgan fingerprint density at radius 2 is 1.74 bits per heavy atom. The van der Waals surface area contributed by atoms with E-state index in [1.165, 1.54) is 16.7 Å². The van der Waals surface area contributed by atoms with Crippen LogP contribution in [0.25, 0.3) is 0 Å². The summed E-state index contributed by atoms with van der Waals surface area (Å²) in [5.74, 6) is 0.127.